The molecular weight excluding hydrogens is 337 g/mol. The lowest BCUT2D eigenvalue weighted by atomic mass is 10.0. The molecule has 0 aliphatic heterocycles. The van der Waals surface area contributed by atoms with Crippen molar-refractivity contribution in [2.75, 3.05) is 0 Å². The van der Waals surface area contributed by atoms with Gasteiger partial charge in [0.2, 0.25) is 0 Å². The van der Waals surface area contributed by atoms with Crippen molar-refractivity contribution >= 4 is 11.0 Å². The van der Waals surface area contributed by atoms with Crippen LogP contribution in [0.1, 0.15) is 50.8 Å². The summed E-state index contributed by atoms with van der Waals surface area (Å²) in [5.74, 6) is -2.73. The van der Waals surface area contributed by atoms with Gasteiger partial charge in [0.1, 0.15) is 11.6 Å². The van der Waals surface area contributed by atoms with Crippen LogP contribution in [-0.2, 0) is 17.2 Å². The van der Waals surface area contributed by atoms with E-state index in [1.807, 2.05) is 0 Å². The fourth-order valence-corrected chi connectivity index (χ4v) is 3.06. The van der Waals surface area contributed by atoms with Crippen molar-refractivity contribution in [3.8, 4) is 0 Å². The van der Waals surface area contributed by atoms with E-state index >= 15 is 0 Å². The molecule has 1 fully saturated rings. The van der Waals surface area contributed by atoms with Crippen LogP contribution in [0, 0.1) is 17.6 Å². The Hall–Kier alpha value is -1.02. The lowest BCUT2D eigenvalue weighted by molar-refractivity contribution is -0.140. The zero-order valence-electron chi connectivity index (χ0n) is 12.9. The summed E-state index contributed by atoms with van der Waals surface area (Å²) in [6.45, 7) is 5.14. The van der Waals surface area contributed by atoms with Crippen LogP contribution < -0.4 is 4.72 Å². The monoisotopic (exact) mass is 355 g/mol. The summed E-state index contributed by atoms with van der Waals surface area (Å²) in [5, 5.41) is 0. The zero-order chi connectivity index (χ0) is 17.6. The average Bonchev–Trinajstić information content (AvgIpc) is 3.20. The molecule has 0 saturated heterocycles. The normalized spacial score (nSPS) is 18.8. The van der Waals surface area contributed by atoms with Crippen LogP contribution in [0.4, 0.5) is 22.0 Å². The van der Waals surface area contributed by atoms with E-state index in [4.69, 9.17) is 0 Å². The van der Waals surface area contributed by atoms with E-state index in [9.17, 15) is 26.2 Å². The van der Waals surface area contributed by atoms with Gasteiger partial charge in [0.15, 0.2) is 0 Å². The summed E-state index contributed by atoms with van der Waals surface area (Å²) in [6, 6.07) is -0.0396. The van der Waals surface area contributed by atoms with Crippen molar-refractivity contribution in [3.05, 3.63) is 34.9 Å². The van der Waals surface area contributed by atoms with Crippen molar-refractivity contribution in [2.24, 2.45) is 5.92 Å². The van der Waals surface area contributed by atoms with Crippen molar-refractivity contribution in [1.82, 2.24) is 4.72 Å². The maximum Gasteiger partial charge on any atom is 0.419 e. The predicted molar refractivity (Wildman–Crippen MR) is 77.9 cm³/mol. The summed E-state index contributed by atoms with van der Waals surface area (Å²) in [5.41, 5.74) is -1.85. The molecule has 8 heteroatoms. The quantitative estimate of drug-likeness (QED) is 0.793. The van der Waals surface area contributed by atoms with E-state index in [-0.39, 0.29) is 17.5 Å². The summed E-state index contributed by atoms with van der Waals surface area (Å²) >= 11 is 0. The van der Waals surface area contributed by atoms with Crippen LogP contribution in [-0.4, -0.2) is 8.96 Å². The van der Waals surface area contributed by atoms with Gasteiger partial charge in [-0.15, -0.1) is 0 Å². The van der Waals surface area contributed by atoms with Gasteiger partial charge in [0, 0.05) is 5.56 Å². The van der Waals surface area contributed by atoms with E-state index in [0.29, 0.717) is 6.07 Å². The maximum atomic E-state index is 14.1. The predicted octanol–water partition coefficient (Wildman–Crippen LogP) is 4.49. The molecule has 0 amide bonds. The maximum absolute atomic E-state index is 14.1. The van der Waals surface area contributed by atoms with E-state index in [2.05, 4.69) is 4.72 Å². The van der Waals surface area contributed by atoms with E-state index < -0.39 is 45.1 Å². The van der Waals surface area contributed by atoms with Crippen LogP contribution >= 0.6 is 0 Å². The largest absolute Gasteiger partial charge is 0.419 e. The summed E-state index contributed by atoms with van der Waals surface area (Å²) in [6.07, 6.45) is -3.51. The molecular formula is C15H18F5NOS. The SMILES string of the molecule is CC(C)(C)[S@](=O)N[C@@H](c1cc(F)c(C(F)(F)F)cc1F)C1CC1. The van der Waals surface area contributed by atoms with Crippen LogP contribution in [0.3, 0.4) is 0 Å². The summed E-state index contributed by atoms with van der Waals surface area (Å²) in [7, 11) is -1.55. The van der Waals surface area contributed by atoms with E-state index in [0.717, 1.165) is 12.8 Å². The molecule has 0 unspecified atom stereocenters. The highest BCUT2D eigenvalue weighted by atomic mass is 32.2. The number of alkyl halides is 3. The zero-order valence-corrected chi connectivity index (χ0v) is 13.7. The molecule has 1 aliphatic carbocycles. The minimum absolute atomic E-state index is 0.0630. The fourth-order valence-electron chi connectivity index (χ4n) is 2.15. The first kappa shape index (κ1) is 18.3. The third-order valence-corrected chi connectivity index (χ3v) is 5.19. The first-order valence-electron chi connectivity index (χ1n) is 7.15. The third kappa shape index (κ3) is 4.29. The lowest BCUT2D eigenvalue weighted by Gasteiger charge is -2.25. The molecule has 0 heterocycles. The Morgan fingerprint density at radius 1 is 1.13 bits per heavy atom. The standard InChI is InChI=1S/C15H18F5NOS/c1-14(2,3)23(22)21-13(8-4-5-8)9-6-12(17)10(7-11(9)16)15(18,19)20/h6-8,13,21H,4-5H2,1-3H3/t13-,23+/m1/s1. The number of hydrogen-bond acceptors (Lipinski definition) is 1. The number of nitrogens with one attached hydrogen (secondary N) is 1. The topological polar surface area (TPSA) is 29.1 Å². The van der Waals surface area contributed by atoms with Gasteiger partial charge in [0.25, 0.3) is 0 Å². The smallest absolute Gasteiger partial charge is 0.242 e. The Bertz CT molecular complexity index is 620. The molecule has 0 radical (unpaired) electrons. The van der Waals surface area contributed by atoms with Crippen molar-refractivity contribution in [1.29, 1.82) is 0 Å². The third-order valence-electron chi connectivity index (χ3n) is 3.61. The Morgan fingerprint density at radius 3 is 2.13 bits per heavy atom. The van der Waals surface area contributed by atoms with Crippen molar-refractivity contribution < 1.29 is 26.2 Å². The molecule has 0 bridgehead atoms. The molecule has 1 aliphatic rings. The number of hydrogen-bond donors (Lipinski definition) is 1. The Labute approximate surface area is 134 Å². The van der Waals surface area contributed by atoms with Gasteiger partial charge in [-0.3, -0.25) is 0 Å². The van der Waals surface area contributed by atoms with E-state index in [1.54, 1.807) is 20.8 Å². The highest BCUT2D eigenvalue weighted by molar-refractivity contribution is 7.84. The average molecular weight is 355 g/mol. The summed E-state index contributed by atoms with van der Waals surface area (Å²) < 4.78 is 80.1. The Balaban J connectivity index is 2.37. The van der Waals surface area contributed by atoms with Crippen LogP contribution in [0.5, 0.6) is 0 Å². The van der Waals surface area contributed by atoms with Crippen LogP contribution in [0.25, 0.3) is 0 Å². The second kappa shape index (κ2) is 6.12. The first-order chi connectivity index (χ1) is 10.4. The van der Waals surface area contributed by atoms with Gasteiger partial charge in [-0.1, -0.05) is 0 Å². The van der Waals surface area contributed by atoms with Crippen LogP contribution in [0.2, 0.25) is 0 Å². The second-order valence-electron chi connectivity index (χ2n) is 6.67. The molecule has 1 saturated carbocycles. The Kier molecular flexibility index (Phi) is 4.88. The van der Waals surface area contributed by atoms with Gasteiger partial charge in [-0.25, -0.2) is 17.7 Å². The molecule has 23 heavy (non-hydrogen) atoms. The number of halogens is 5. The number of benzene rings is 1. The molecule has 0 aromatic heterocycles. The highest BCUT2D eigenvalue weighted by Gasteiger charge is 2.40. The van der Waals surface area contributed by atoms with E-state index in [1.165, 1.54) is 0 Å². The van der Waals surface area contributed by atoms with Crippen LogP contribution in [0.15, 0.2) is 12.1 Å². The minimum Gasteiger partial charge on any atom is -0.242 e. The minimum atomic E-state index is -4.96. The number of rotatable bonds is 4. The van der Waals surface area contributed by atoms with Crippen molar-refractivity contribution in [3.63, 3.8) is 0 Å². The Morgan fingerprint density at radius 2 is 1.70 bits per heavy atom. The molecule has 1 aromatic rings. The van der Waals surface area contributed by atoms with Crippen molar-refractivity contribution in [2.45, 2.75) is 50.6 Å². The fraction of sp³-hybridized carbons (Fsp3) is 0.600. The summed E-state index contributed by atoms with van der Waals surface area (Å²) in [4.78, 5) is 0. The molecule has 0 spiro atoms. The molecule has 1 aromatic carbocycles. The molecule has 130 valence electrons. The first-order valence-corrected chi connectivity index (χ1v) is 8.30. The molecule has 2 atom stereocenters. The second-order valence-corrected chi connectivity index (χ2v) is 8.66. The molecule has 1 N–H and O–H groups in total. The van der Waals surface area contributed by atoms with Gasteiger partial charge >= 0.3 is 6.18 Å². The lowest BCUT2D eigenvalue weighted by Crippen LogP contribution is -2.37. The molecule has 2 rings (SSSR count). The van der Waals surface area contributed by atoms with Gasteiger partial charge in [-0.2, -0.15) is 13.2 Å². The highest BCUT2D eigenvalue weighted by Crippen LogP contribution is 2.43. The van der Waals surface area contributed by atoms with Gasteiger partial charge in [-0.05, 0) is 51.7 Å². The van der Waals surface area contributed by atoms with Gasteiger partial charge < -0.3 is 0 Å². The van der Waals surface area contributed by atoms with Gasteiger partial charge in [0.05, 0.1) is 27.3 Å². The molecule has 2 nitrogen and oxygen atoms in total.